The third kappa shape index (κ3) is 5.11. The number of rotatable bonds is 9. The van der Waals surface area contributed by atoms with Crippen LogP contribution in [0.2, 0.25) is 5.02 Å². The lowest BCUT2D eigenvalue weighted by Crippen LogP contribution is -2.55. The molecule has 0 saturated carbocycles. The van der Waals surface area contributed by atoms with Crippen LogP contribution in [0.15, 0.2) is 60.7 Å². The number of carbonyl (C=O) groups is 2. The van der Waals surface area contributed by atoms with Gasteiger partial charge < -0.3 is 19.9 Å². The van der Waals surface area contributed by atoms with E-state index in [1.54, 1.807) is 36.4 Å². The fourth-order valence-electron chi connectivity index (χ4n) is 4.32. The molecule has 2 N–H and O–H groups in total. The predicted octanol–water partition coefficient (Wildman–Crippen LogP) is 4.23. The van der Waals surface area contributed by atoms with E-state index in [1.165, 1.54) is 13.2 Å². The van der Waals surface area contributed by atoms with Crippen LogP contribution < -0.4 is 14.8 Å². The second-order valence-corrected chi connectivity index (χ2v) is 8.91. The largest absolute Gasteiger partial charge is 0.493 e. The van der Waals surface area contributed by atoms with Gasteiger partial charge in [-0.25, -0.2) is 4.79 Å². The van der Waals surface area contributed by atoms with Crippen LogP contribution >= 0.6 is 11.6 Å². The van der Waals surface area contributed by atoms with Crippen LogP contribution in [0.1, 0.15) is 27.0 Å². The zero-order valence-electron chi connectivity index (χ0n) is 19.3. The molecule has 186 valence electrons. The van der Waals surface area contributed by atoms with Gasteiger partial charge in [0.2, 0.25) is 0 Å². The van der Waals surface area contributed by atoms with Gasteiger partial charge in [-0.2, -0.15) is 0 Å². The maximum absolute atomic E-state index is 13.3. The summed E-state index contributed by atoms with van der Waals surface area (Å²) in [5.41, 5.74) is 0.0505. The first-order valence-corrected chi connectivity index (χ1v) is 11.5. The van der Waals surface area contributed by atoms with E-state index in [-0.39, 0.29) is 36.5 Å². The molecule has 1 aliphatic rings. The maximum atomic E-state index is 13.3. The van der Waals surface area contributed by atoms with Crippen molar-refractivity contribution in [1.29, 1.82) is 0 Å². The van der Waals surface area contributed by atoms with Crippen molar-refractivity contribution < 1.29 is 29.1 Å². The van der Waals surface area contributed by atoms with Crippen LogP contribution in [0.25, 0.3) is 0 Å². The van der Waals surface area contributed by atoms with Crippen molar-refractivity contribution >= 4 is 29.2 Å². The molecule has 4 rings (SSSR count). The van der Waals surface area contributed by atoms with Crippen LogP contribution in [-0.4, -0.2) is 41.2 Å². The zero-order chi connectivity index (χ0) is 25.9. The summed E-state index contributed by atoms with van der Waals surface area (Å²) in [7, 11) is 1.33. The van der Waals surface area contributed by atoms with Crippen LogP contribution in [0.5, 0.6) is 11.5 Å². The first kappa shape index (κ1) is 25.0. The van der Waals surface area contributed by atoms with Gasteiger partial charge in [0.05, 0.1) is 24.7 Å². The van der Waals surface area contributed by atoms with Crippen LogP contribution in [0, 0.1) is 10.1 Å². The van der Waals surface area contributed by atoms with Crippen molar-refractivity contribution in [3.63, 3.8) is 0 Å². The molecule has 10 heteroatoms. The van der Waals surface area contributed by atoms with E-state index >= 15 is 0 Å². The third-order valence-corrected chi connectivity index (χ3v) is 6.36. The molecule has 0 heterocycles. The highest BCUT2D eigenvalue weighted by atomic mass is 35.5. The van der Waals surface area contributed by atoms with E-state index in [0.717, 1.165) is 22.8 Å². The van der Waals surface area contributed by atoms with Crippen molar-refractivity contribution in [2.45, 2.75) is 24.8 Å². The molecule has 0 aromatic heterocycles. The summed E-state index contributed by atoms with van der Waals surface area (Å²) in [6.45, 7) is 0.184. The highest BCUT2D eigenvalue weighted by molar-refractivity contribution is 6.30. The number of fused-ring (bicyclic) bond motifs is 1. The van der Waals surface area contributed by atoms with Crippen LogP contribution in [0.3, 0.4) is 0 Å². The SMILES string of the molecule is COc1cc([N+](=O)[O-])c(C(=O)NC2(C(=O)O)Cc3ccccc3C2)cc1OCCc1cccc(Cl)c1. The number of benzene rings is 3. The van der Waals surface area contributed by atoms with Crippen molar-refractivity contribution in [2.24, 2.45) is 0 Å². The minimum absolute atomic E-state index is 0.0667. The topological polar surface area (TPSA) is 128 Å². The molecule has 36 heavy (non-hydrogen) atoms. The van der Waals surface area contributed by atoms with Gasteiger partial charge in [-0.1, -0.05) is 48.0 Å². The highest BCUT2D eigenvalue weighted by Crippen LogP contribution is 2.36. The number of carboxylic acid groups (broad SMARTS) is 1. The Morgan fingerprint density at radius 2 is 1.78 bits per heavy atom. The maximum Gasteiger partial charge on any atom is 0.330 e. The molecule has 0 fully saturated rings. The van der Waals surface area contributed by atoms with Crippen LogP contribution in [-0.2, 0) is 24.1 Å². The second-order valence-electron chi connectivity index (χ2n) is 8.47. The molecule has 0 saturated heterocycles. The number of amides is 1. The van der Waals surface area contributed by atoms with E-state index < -0.39 is 28.0 Å². The number of carbonyl (C=O) groups excluding carboxylic acids is 1. The minimum Gasteiger partial charge on any atom is -0.493 e. The summed E-state index contributed by atoms with van der Waals surface area (Å²) in [6.07, 6.45) is 0.622. The van der Waals surface area contributed by atoms with Crippen molar-refractivity contribution in [3.05, 3.63) is 98.1 Å². The summed E-state index contributed by atoms with van der Waals surface area (Å²) in [5, 5.41) is 24.9. The smallest absolute Gasteiger partial charge is 0.330 e. The van der Waals surface area contributed by atoms with Gasteiger partial charge in [-0.15, -0.1) is 0 Å². The Hall–Kier alpha value is -4.11. The molecule has 0 radical (unpaired) electrons. The molecule has 9 nitrogen and oxygen atoms in total. The highest BCUT2D eigenvalue weighted by Gasteiger charge is 2.46. The number of carboxylic acids is 1. The Labute approximate surface area is 211 Å². The average molecular weight is 511 g/mol. The zero-order valence-corrected chi connectivity index (χ0v) is 20.1. The van der Waals surface area contributed by atoms with Crippen LogP contribution in [0.4, 0.5) is 5.69 Å². The van der Waals surface area contributed by atoms with Gasteiger partial charge >= 0.3 is 5.97 Å². The normalized spacial score (nSPS) is 13.5. The van der Waals surface area contributed by atoms with Gasteiger partial charge in [0.1, 0.15) is 11.1 Å². The third-order valence-electron chi connectivity index (χ3n) is 6.13. The first-order valence-electron chi connectivity index (χ1n) is 11.1. The molecule has 0 bridgehead atoms. The van der Waals surface area contributed by atoms with E-state index in [2.05, 4.69) is 5.32 Å². The van der Waals surface area contributed by atoms with Gasteiger partial charge in [0, 0.05) is 30.4 Å². The number of hydrogen-bond acceptors (Lipinski definition) is 6. The number of nitrogens with one attached hydrogen (secondary N) is 1. The summed E-state index contributed by atoms with van der Waals surface area (Å²) in [4.78, 5) is 36.6. The monoisotopic (exact) mass is 510 g/mol. The fourth-order valence-corrected chi connectivity index (χ4v) is 4.53. The Morgan fingerprint density at radius 3 is 2.36 bits per heavy atom. The second kappa shape index (κ2) is 10.2. The Bertz CT molecular complexity index is 1320. The standard InChI is InChI=1S/C26H23ClN2O7/c1-35-22-13-21(29(33)34)20(12-23(22)36-10-9-16-5-4-8-19(27)11-16)24(30)28-26(25(31)32)14-17-6-2-3-7-18(17)15-26/h2-8,11-13H,9-10,14-15H2,1H3,(H,28,30)(H,31,32). The molecular weight excluding hydrogens is 488 g/mol. The van der Waals surface area contributed by atoms with Crippen molar-refractivity contribution in [2.75, 3.05) is 13.7 Å². The molecule has 1 aliphatic carbocycles. The molecule has 0 atom stereocenters. The number of nitrogens with zero attached hydrogens (tertiary/aromatic N) is 1. The summed E-state index contributed by atoms with van der Waals surface area (Å²) in [6, 6.07) is 16.7. The number of hydrogen-bond donors (Lipinski definition) is 2. The van der Waals surface area contributed by atoms with Crippen molar-refractivity contribution in [1.82, 2.24) is 5.32 Å². The Morgan fingerprint density at radius 1 is 1.08 bits per heavy atom. The number of nitro benzene ring substituents is 1. The molecule has 0 unspecified atom stereocenters. The molecule has 3 aromatic rings. The summed E-state index contributed by atoms with van der Waals surface area (Å²) < 4.78 is 11.1. The minimum atomic E-state index is -1.62. The number of methoxy groups -OCH3 is 1. The summed E-state index contributed by atoms with van der Waals surface area (Å²) in [5.74, 6) is -1.92. The first-order chi connectivity index (χ1) is 17.2. The number of halogens is 1. The Kier molecular flexibility index (Phi) is 7.12. The van der Waals surface area contributed by atoms with Gasteiger partial charge in [-0.3, -0.25) is 14.9 Å². The number of ether oxygens (including phenoxy) is 2. The Balaban J connectivity index is 1.61. The molecule has 0 aliphatic heterocycles. The molecule has 3 aromatic carbocycles. The number of aliphatic carboxylic acids is 1. The number of nitro groups is 1. The van der Waals surface area contributed by atoms with E-state index in [4.69, 9.17) is 21.1 Å². The van der Waals surface area contributed by atoms with E-state index in [1.807, 2.05) is 12.1 Å². The van der Waals surface area contributed by atoms with E-state index in [9.17, 15) is 24.8 Å². The quantitative estimate of drug-likeness (QED) is 0.325. The fraction of sp³-hybridized carbons (Fsp3) is 0.231. The predicted molar refractivity (Wildman–Crippen MR) is 132 cm³/mol. The molecular formula is C26H23ClN2O7. The van der Waals surface area contributed by atoms with Gasteiger partial charge in [-0.05, 0) is 28.8 Å². The molecule has 0 spiro atoms. The summed E-state index contributed by atoms with van der Waals surface area (Å²) >= 11 is 6.01. The lowest BCUT2D eigenvalue weighted by molar-refractivity contribution is -0.385. The van der Waals surface area contributed by atoms with E-state index in [0.29, 0.717) is 11.4 Å². The van der Waals surface area contributed by atoms with Gasteiger partial charge in [0.15, 0.2) is 11.5 Å². The lowest BCUT2D eigenvalue weighted by atomic mass is 9.95. The van der Waals surface area contributed by atoms with Crippen molar-refractivity contribution in [3.8, 4) is 11.5 Å². The molecule has 1 amide bonds. The van der Waals surface area contributed by atoms with Gasteiger partial charge in [0.25, 0.3) is 11.6 Å². The average Bonchev–Trinajstić information content (AvgIpc) is 3.23. The lowest BCUT2D eigenvalue weighted by Gasteiger charge is -2.25.